The quantitative estimate of drug-likeness (QED) is 0.655. The lowest BCUT2D eigenvalue weighted by molar-refractivity contribution is -0.387. The Labute approximate surface area is 115 Å². The Hall–Kier alpha value is -2.05. The number of hydrogen-bond donors (Lipinski definition) is 1. The highest BCUT2D eigenvalue weighted by atomic mass is 32.2. The molecule has 0 aliphatic rings. The number of nitro groups is 1. The Morgan fingerprint density at radius 3 is 2.65 bits per heavy atom. The van der Waals surface area contributed by atoms with Gasteiger partial charge in [-0.15, -0.1) is 0 Å². The minimum Gasteiger partial charge on any atom is -0.258 e. The third kappa shape index (κ3) is 3.49. The summed E-state index contributed by atoms with van der Waals surface area (Å²) in [7, 11) is -4.06. The van der Waals surface area contributed by atoms with Crippen LogP contribution < -0.4 is 4.72 Å². The van der Waals surface area contributed by atoms with Gasteiger partial charge in [-0.2, -0.15) is 9.65 Å². The van der Waals surface area contributed by atoms with Crippen molar-refractivity contribution in [3.63, 3.8) is 0 Å². The van der Waals surface area contributed by atoms with Crippen LogP contribution in [-0.2, 0) is 10.0 Å². The van der Waals surface area contributed by atoms with Crippen molar-refractivity contribution >= 4 is 15.7 Å². The van der Waals surface area contributed by atoms with Gasteiger partial charge >= 0.3 is 5.69 Å². The fourth-order valence-electron chi connectivity index (χ4n) is 1.58. The number of nitrogens with zero attached hydrogens (tertiary/aromatic N) is 2. The van der Waals surface area contributed by atoms with Gasteiger partial charge in [-0.1, -0.05) is 0 Å². The molecule has 0 saturated carbocycles. The molecule has 1 unspecified atom stereocenters. The summed E-state index contributed by atoms with van der Waals surface area (Å²) in [6.45, 7) is 2.81. The van der Waals surface area contributed by atoms with Crippen LogP contribution in [-0.4, -0.2) is 19.4 Å². The first-order valence-corrected chi connectivity index (χ1v) is 7.01. The van der Waals surface area contributed by atoms with Crippen LogP contribution in [0, 0.1) is 34.2 Å². The maximum absolute atomic E-state index is 13.4. The van der Waals surface area contributed by atoms with E-state index >= 15 is 0 Å². The second kappa shape index (κ2) is 5.94. The summed E-state index contributed by atoms with van der Waals surface area (Å²) in [5.41, 5.74) is -0.867. The summed E-state index contributed by atoms with van der Waals surface area (Å²) in [5, 5.41) is 19.1. The molecule has 0 fully saturated rings. The lowest BCUT2D eigenvalue weighted by atomic mass is 10.2. The molecule has 1 aromatic rings. The number of hydrogen-bond acceptors (Lipinski definition) is 5. The predicted octanol–water partition coefficient (Wildman–Crippen LogP) is 1.62. The molecule has 1 N–H and O–H groups in total. The van der Waals surface area contributed by atoms with Crippen molar-refractivity contribution in [3.05, 3.63) is 33.6 Å². The highest BCUT2D eigenvalue weighted by molar-refractivity contribution is 7.89. The van der Waals surface area contributed by atoms with E-state index in [0.717, 1.165) is 6.07 Å². The van der Waals surface area contributed by atoms with Crippen molar-refractivity contribution in [2.75, 3.05) is 0 Å². The van der Waals surface area contributed by atoms with Gasteiger partial charge in [0.25, 0.3) is 0 Å². The van der Waals surface area contributed by atoms with Crippen molar-refractivity contribution in [3.8, 4) is 6.07 Å². The standard InChI is InChI=1S/C11H12FN3O4S/c1-7-5-9(12)10(15(16)17)6-11(7)20(18,19)14-8(2)3-4-13/h5-6,8,14H,3H2,1-2H3. The summed E-state index contributed by atoms with van der Waals surface area (Å²) in [4.78, 5) is 9.27. The van der Waals surface area contributed by atoms with Gasteiger partial charge in [0.2, 0.25) is 15.8 Å². The molecule has 7 nitrogen and oxygen atoms in total. The zero-order chi connectivity index (χ0) is 15.5. The van der Waals surface area contributed by atoms with E-state index in [0.29, 0.717) is 6.07 Å². The van der Waals surface area contributed by atoms with Gasteiger partial charge in [0.05, 0.1) is 22.3 Å². The average Bonchev–Trinajstić information content (AvgIpc) is 2.27. The van der Waals surface area contributed by atoms with Crippen LogP contribution in [0.5, 0.6) is 0 Å². The Balaban J connectivity index is 3.29. The molecule has 0 saturated heterocycles. The molecule has 0 heterocycles. The van der Waals surface area contributed by atoms with Crippen molar-refractivity contribution in [1.82, 2.24) is 4.72 Å². The monoisotopic (exact) mass is 301 g/mol. The van der Waals surface area contributed by atoms with Crippen molar-refractivity contribution in [1.29, 1.82) is 5.26 Å². The Kier molecular flexibility index (Phi) is 4.75. The highest BCUT2D eigenvalue weighted by Gasteiger charge is 2.25. The SMILES string of the molecule is Cc1cc(F)c([N+](=O)[O-])cc1S(=O)(=O)NC(C)CC#N. The fourth-order valence-corrected chi connectivity index (χ4v) is 3.07. The van der Waals surface area contributed by atoms with Crippen molar-refractivity contribution in [2.24, 2.45) is 0 Å². The van der Waals surface area contributed by atoms with Crippen molar-refractivity contribution in [2.45, 2.75) is 31.2 Å². The first-order valence-electron chi connectivity index (χ1n) is 5.53. The Morgan fingerprint density at radius 1 is 1.55 bits per heavy atom. The molecule has 0 aliphatic carbocycles. The summed E-state index contributed by atoms with van der Waals surface area (Å²) >= 11 is 0. The fraction of sp³-hybridized carbons (Fsp3) is 0.364. The van der Waals surface area contributed by atoms with Crippen LogP contribution in [0.3, 0.4) is 0 Å². The molecule has 0 radical (unpaired) electrons. The summed E-state index contributed by atoms with van der Waals surface area (Å²) < 4.78 is 39.7. The largest absolute Gasteiger partial charge is 0.306 e. The van der Waals surface area contributed by atoms with Gasteiger partial charge in [0, 0.05) is 12.1 Å². The number of sulfonamides is 1. The van der Waals surface area contributed by atoms with Gasteiger partial charge in [-0.25, -0.2) is 13.1 Å². The van der Waals surface area contributed by atoms with Gasteiger partial charge in [-0.05, 0) is 25.5 Å². The minimum atomic E-state index is -4.06. The third-order valence-electron chi connectivity index (χ3n) is 2.48. The average molecular weight is 301 g/mol. The van der Waals surface area contributed by atoms with E-state index < -0.39 is 32.5 Å². The summed E-state index contributed by atoms with van der Waals surface area (Å²) in [6, 6.07) is 2.61. The molecule has 1 rings (SSSR count). The summed E-state index contributed by atoms with van der Waals surface area (Å²) in [5.74, 6) is -1.10. The summed E-state index contributed by atoms with van der Waals surface area (Å²) in [6.07, 6.45) is -0.0540. The van der Waals surface area contributed by atoms with Gasteiger partial charge < -0.3 is 0 Å². The first-order chi connectivity index (χ1) is 9.19. The van der Waals surface area contributed by atoms with Crippen LogP contribution in [0.25, 0.3) is 0 Å². The molecular formula is C11H12FN3O4S. The van der Waals surface area contributed by atoms with Crippen LogP contribution in [0.15, 0.2) is 17.0 Å². The number of aryl methyl sites for hydroxylation is 1. The van der Waals surface area contributed by atoms with E-state index in [-0.39, 0.29) is 16.9 Å². The molecular weight excluding hydrogens is 289 g/mol. The number of nitro benzene ring substituents is 1. The number of benzene rings is 1. The highest BCUT2D eigenvalue weighted by Crippen LogP contribution is 2.25. The van der Waals surface area contributed by atoms with E-state index in [1.807, 2.05) is 0 Å². The first kappa shape index (κ1) is 16.0. The van der Waals surface area contributed by atoms with E-state index in [4.69, 9.17) is 5.26 Å². The molecule has 1 atom stereocenters. The maximum atomic E-state index is 13.4. The molecule has 0 aliphatic heterocycles. The molecule has 20 heavy (non-hydrogen) atoms. The van der Waals surface area contributed by atoms with Crippen molar-refractivity contribution < 1.29 is 17.7 Å². The van der Waals surface area contributed by atoms with E-state index in [1.54, 1.807) is 6.07 Å². The Morgan fingerprint density at radius 2 is 2.15 bits per heavy atom. The minimum absolute atomic E-state index is 0.0461. The molecule has 0 amide bonds. The number of nitrogens with one attached hydrogen (secondary N) is 1. The normalized spacial score (nSPS) is 12.7. The number of rotatable bonds is 5. The second-order valence-corrected chi connectivity index (χ2v) is 5.89. The second-order valence-electron chi connectivity index (χ2n) is 4.21. The van der Waals surface area contributed by atoms with Crippen LogP contribution in [0.2, 0.25) is 0 Å². The Bertz CT molecular complexity index is 682. The van der Waals surface area contributed by atoms with Crippen LogP contribution in [0.1, 0.15) is 18.9 Å². The molecule has 0 aromatic heterocycles. The topological polar surface area (TPSA) is 113 Å². The predicted molar refractivity (Wildman–Crippen MR) is 67.8 cm³/mol. The van der Waals surface area contributed by atoms with E-state index in [1.165, 1.54) is 13.8 Å². The third-order valence-corrected chi connectivity index (χ3v) is 4.22. The molecule has 1 aromatic carbocycles. The van der Waals surface area contributed by atoms with Gasteiger partial charge in [-0.3, -0.25) is 10.1 Å². The number of nitriles is 1. The lowest BCUT2D eigenvalue weighted by Crippen LogP contribution is -2.32. The zero-order valence-corrected chi connectivity index (χ0v) is 11.6. The van der Waals surface area contributed by atoms with Gasteiger partial charge in [0.1, 0.15) is 0 Å². The van der Waals surface area contributed by atoms with E-state index in [2.05, 4.69) is 4.72 Å². The maximum Gasteiger partial charge on any atom is 0.306 e. The molecule has 9 heteroatoms. The van der Waals surface area contributed by atoms with E-state index in [9.17, 15) is 22.9 Å². The molecule has 0 spiro atoms. The molecule has 108 valence electrons. The van der Waals surface area contributed by atoms with Crippen LogP contribution in [0.4, 0.5) is 10.1 Å². The number of halogens is 1. The molecule has 0 bridgehead atoms. The van der Waals surface area contributed by atoms with Gasteiger partial charge in [0.15, 0.2) is 0 Å². The zero-order valence-electron chi connectivity index (χ0n) is 10.8. The smallest absolute Gasteiger partial charge is 0.258 e. The lowest BCUT2D eigenvalue weighted by Gasteiger charge is -2.13. The van der Waals surface area contributed by atoms with Crippen LogP contribution >= 0.6 is 0 Å².